The van der Waals surface area contributed by atoms with Crippen molar-refractivity contribution in [2.45, 2.75) is 26.3 Å². The lowest BCUT2D eigenvalue weighted by Crippen LogP contribution is -2.49. The van der Waals surface area contributed by atoms with Crippen molar-refractivity contribution in [3.63, 3.8) is 0 Å². The van der Waals surface area contributed by atoms with Crippen LogP contribution in [0.2, 0.25) is 0 Å². The van der Waals surface area contributed by atoms with E-state index >= 15 is 0 Å². The van der Waals surface area contributed by atoms with Crippen LogP contribution in [0.5, 0.6) is 0 Å². The van der Waals surface area contributed by atoms with Gasteiger partial charge in [-0.25, -0.2) is 8.78 Å². The van der Waals surface area contributed by atoms with Crippen LogP contribution in [-0.4, -0.2) is 86.6 Å². The number of amides is 1. The number of hydrogen-bond donors (Lipinski definition) is 2. The topological polar surface area (TPSA) is 63.2 Å². The van der Waals surface area contributed by atoms with Crippen LogP contribution in [0.3, 0.4) is 0 Å². The molecule has 0 bridgehead atoms. The van der Waals surface area contributed by atoms with Gasteiger partial charge in [0.1, 0.15) is 17.3 Å². The van der Waals surface area contributed by atoms with Crippen LogP contribution in [0.1, 0.15) is 20.3 Å². The van der Waals surface area contributed by atoms with Gasteiger partial charge in [-0.2, -0.15) is 0 Å². The summed E-state index contributed by atoms with van der Waals surface area (Å²) in [6, 6.07) is 4.04. The number of guanidine groups is 1. The highest BCUT2D eigenvalue weighted by atomic mass is 19.1. The van der Waals surface area contributed by atoms with Crippen LogP contribution in [0.15, 0.2) is 23.2 Å². The first-order chi connectivity index (χ1) is 14.5. The number of hydrogen-bond acceptors (Lipinski definition) is 4. The Hall–Kier alpha value is -2.42. The Morgan fingerprint density at radius 2 is 1.87 bits per heavy atom. The zero-order valence-corrected chi connectivity index (χ0v) is 17.8. The number of piperazine rings is 1. The molecule has 1 aromatic rings. The lowest BCUT2D eigenvalue weighted by atomic mass is 10.2. The number of carbonyl (C=O) groups is 1. The van der Waals surface area contributed by atoms with Crippen molar-refractivity contribution in [1.29, 1.82) is 0 Å². The molecule has 0 aliphatic carbocycles. The molecule has 1 unspecified atom stereocenters. The lowest BCUT2D eigenvalue weighted by molar-refractivity contribution is -0.130. The fourth-order valence-electron chi connectivity index (χ4n) is 3.98. The average Bonchev–Trinajstić information content (AvgIpc) is 3.16. The Balaban J connectivity index is 1.49. The molecule has 30 heavy (non-hydrogen) atoms. The minimum atomic E-state index is -0.527. The fraction of sp³-hybridized carbons (Fsp3) is 0.619. The molecule has 0 radical (unpaired) electrons. The Labute approximate surface area is 177 Å². The second-order valence-electron chi connectivity index (χ2n) is 7.75. The van der Waals surface area contributed by atoms with Gasteiger partial charge in [-0.05, 0) is 25.5 Å². The van der Waals surface area contributed by atoms with Crippen molar-refractivity contribution in [2.24, 2.45) is 4.99 Å². The second kappa shape index (κ2) is 10.6. The number of nitrogens with zero attached hydrogens (tertiary/aromatic N) is 4. The molecule has 0 aromatic heterocycles. The van der Waals surface area contributed by atoms with Gasteiger partial charge in [0.2, 0.25) is 5.91 Å². The maximum Gasteiger partial charge on any atom is 0.219 e. The maximum atomic E-state index is 14.1. The van der Waals surface area contributed by atoms with Crippen molar-refractivity contribution >= 4 is 17.6 Å². The van der Waals surface area contributed by atoms with E-state index in [9.17, 15) is 13.6 Å². The number of anilines is 1. The molecule has 9 heteroatoms. The summed E-state index contributed by atoms with van der Waals surface area (Å²) in [5.41, 5.74) is 0.0495. The number of nitrogens with one attached hydrogen (secondary N) is 2. The standard InChI is InChI=1S/C21H32F2N6O/c1-3-24-21(25-8-10-27-11-13-28(14-12-27)16(2)30)26-17-7-9-29(15-17)20-18(22)5-4-6-19(20)23/h4-6,17H,3,7-15H2,1-2H3,(H2,24,25,26). The van der Waals surface area contributed by atoms with Gasteiger partial charge in [-0.1, -0.05) is 6.07 Å². The first-order valence-electron chi connectivity index (χ1n) is 10.7. The molecule has 0 saturated carbocycles. The number of aliphatic imine (C=N–C) groups is 1. The van der Waals surface area contributed by atoms with Crippen molar-refractivity contribution in [1.82, 2.24) is 20.4 Å². The maximum absolute atomic E-state index is 14.1. The second-order valence-corrected chi connectivity index (χ2v) is 7.75. The van der Waals surface area contributed by atoms with E-state index in [4.69, 9.17) is 0 Å². The summed E-state index contributed by atoms with van der Waals surface area (Å²) in [6.07, 6.45) is 0.783. The number of carbonyl (C=O) groups excluding carboxylic acids is 1. The molecule has 2 aliphatic heterocycles. The van der Waals surface area contributed by atoms with E-state index in [0.717, 1.165) is 51.6 Å². The molecule has 3 rings (SSSR count). The van der Waals surface area contributed by atoms with Crippen molar-refractivity contribution in [3.05, 3.63) is 29.8 Å². The van der Waals surface area contributed by atoms with E-state index in [1.165, 1.54) is 18.2 Å². The zero-order valence-electron chi connectivity index (χ0n) is 17.8. The monoisotopic (exact) mass is 422 g/mol. The normalized spacial score (nSPS) is 20.5. The Kier molecular flexibility index (Phi) is 7.84. The van der Waals surface area contributed by atoms with Crippen LogP contribution in [-0.2, 0) is 4.79 Å². The van der Waals surface area contributed by atoms with Gasteiger partial charge in [-0.3, -0.25) is 14.7 Å². The van der Waals surface area contributed by atoms with Gasteiger partial charge < -0.3 is 20.4 Å². The molecule has 1 aromatic carbocycles. The molecule has 166 valence electrons. The van der Waals surface area contributed by atoms with Gasteiger partial charge in [0.05, 0.1) is 6.54 Å². The zero-order chi connectivity index (χ0) is 21.5. The largest absolute Gasteiger partial charge is 0.365 e. The number of benzene rings is 1. The summed E-state index contributed by atoms with van der Waals surface area (Å²) >= 11 is 0. The fourth-order valence-corrected chi connectivity index (χ4v) is 3.98. The van der Waals surface area contributed by atoms with Gasteiger partial charge >= 0.3 is 0 Å². The van der Waals surface area contributed by atoms with Crippen LogP contribution in [0.25, 0.3) is 0 Å². The molecule has 2 aliphatic rings. The van der Waals surface area contributed by atoms with E-state index in [1.54, 1.807) is 11.8 Å². The SMILES string of the molecule is CCNC(=NCCN1CCN(C(C)=O)CC1)NC1CCN(c2c(F)cccc2F)C1. The third-order valence-electron chi connectivity index (χ3n) is 5.63. The highest BCUT2D eigenvalue weighted by molar-refractivity contribution is 5.80. The van der Waals surface area contributed by atoms with Gasteiger partial charge in [0, 0.05) is 65.3 Å². The molecule has 2 fully saturated rings. The van der Waals surface area contributed by atoms with Crippen molar-refractivity contribution in [3.8, 4) is 0 Å². The molecule has 2 heterocycles. The number of rotatable bonds is 6. The van der Waals surface area contributed by atoms with E-state index in [1.807, 2.05) is 11.8 Å². The highest BCUT2D eigenvalue weighted by Gasteiger charge is 2.27. The molecule has 7 nitrogen and oxygen atoms in total. The van der Waals surface area contributed by atoms with E-state index in [2.05, 4.69) is 20.5 Å². The van der Waals surface area contributed by atoms with Crippen molar-refractivity contribution in [2.75, 3.05) is 63.8 Å². The van der Waals surface area contributed by atoms with Crippen LogP contribution in [0, 0.1) is 11.6 Å². The first-order valence-corrected chi connectivity index (χ1v) is 10.7. The summed E-state index contributed by atoms with van der Waals surface area (Å²) in [5, 5.41) is 6.64. The molecule has 2 saturated heterocycles. The summed E-state index contributed by atoms with van der Waals surface area (Å²) in [5.74, 6) is -0.199. The average molecular weight is 423 g/mol. The molecule has 1 atom stereocenters. The Morgan fingerprint density at radius 1 is 1.17 bits per heavy atom. The lowest BCUT2D eigenvalue weighted by Gasteiger charge is -2.33. The summed E-state index contributed by atoms with van der Waals surface area (Å²) in [4.78, 5) is 22.0. The third kappa shape index (κ3) is 5.81. The molecule has 0 spiro atoms. The molecular weight excluding hydrogens is 390 g/mol. The smallest absolute Gasteiger partial charge is 0.219 e. The minimum Gasteiger partial charge on any atom is -0.365 e. The van der Waals surface area contributed by atoms with E-state index in [0.29, 0.717) is 19.6 Å². The highest BCUT2D eigenvalue weighted by Crippen LogP contribution is 2.26. The first kappa shape index (κ1) is 22.3. The van der Waals surface area contributed by atoms with Crippen LogP contribution < -0.4 is 15.5 Å². The van der Waals surface area contributed by atoms with Crippen LogP contribution >= 0.6 is 0 Å². The summed E-state index contributed by atoms with van der Waals surface area (Å²) in [6.45, 7) is 10.2. The number of halogens is 2. The van der Waals surface area contributed by atoms with Crippen molar-refractivity contribution < 1.29 is 13.6 Å². The van der Waals surface area contributed by atoms with Gasteiger partial charge in [0.25, 0.3) is 0 Å². The molecule has 2 N–H and O–H groups in total. The van der Waals surface area contributed by atoms with Crippen LogP contribution in [0.4, 0.5) is 14.5 Å². The summed E-state index contributed by atoms with van der Waals surface area (Å²) < 4.78 is 28.1. The summed E-state index contributed by atoms with van der Waals surface area (Å²) in [7, 11) is 0. The number of para-hydroxylation sites is 1. The predicted octanol–water partition coefficient (Wildman–Crippen LogP) is 1.26. The Bertz CT molecular complexity index is 731. The van der Waals surface area contributed by atoms with E-state index in [-0.39, 0.29) is 17.6 Å². The van der Waals surface area contributed by atoms with Gasteiger partial charge in [0.15, 0.2) is 5.96 Å². The Morgan fingerprint density at radius 3 is 2.50 bits per heavy atom. The molecule has 1 amide bonds. The molecular formula is C21H32F2N6O. The van der Waals surface area contributed by atoms with Gasteiger partial charge in [-0.15, -0.1) is 0 Å². The van der Waals surface area contributed by atoms with E-state index < -0.39 is 11.6 Å². The predicted molar refractivity (Wildman–Crippen MR) is 115 cm³/mol. The quantitative estimate of drug-likeness (QED) is 0.534. The third-order valence-corrected chi connectivity index (χ3v) is 5.63. The minimum absolute atomic E-state index is 0.0495.